The van der Waals surface area contributed by atoms with Gasteiger partial charge in [0.25, 0.3) is 0 Å². The van der Waals surface area contributed by atoms with Crippen molar-refractivity contribution < 1.29 is 4.74 Å². The minimum Gasteiger partial charge on any atom is -0.381 e. The van der Waals surface area contributed by atoms with E-state index in [0.29, 0.717) is 22.0 Å². The fourth-order valence-electron chi connectivity index (χ4n) is 2.58. The minimum absolute atomic E-state index is 0.315. The van der Waals surface area contributed by atoms with Crippen LogP contribution in [0.3, 0.4) is 0 Å². The van der Waals surface area contributed by atoms with Crippen molar-refractivity contribution >= 4 is 23.2 Å². The van der Waals surface area contributed by atoms with Crippen LogP contribution < -0.4 is 5.32 Å². The van der Waals surface area contributed by atoms with Gasteiger partial charge in [0.15, 0.2) is 0 Å². The summed E-state index contributed by atoms with van der Waals surface area (Å²) in [6, 6.07) is 6.11. The molecule has 1 unspecified atom stereocenters. The Kier molecular flexibility index (Phi) is 5.31. The molecule has 1 aliphatic rings. The Morgan fingerprint density at radius 1 is 1.22 bits per heavy atom. The van der Waals surface area contributed by atoms with Crippen molar-refractivity contribution in [2.45, 2.75) is 25.8 Å². The van der Waals surface area contributed by atoms with E-state index < -0.39 is 0 Å². The van der Waals surface area contributed by atoms with Gasteiger partial charge in [-0.3, -0.25) is 0 Å². The molecule has 100 valence electrons. The SMILES string of the molecule is CCNC(c1cc(Cl)cc(Cl)c1)C1CCOCC1. The van der Waals surface area contributed by atoms with E-state index >= 15 is 0 Å². The molecule has 2 rings (SSSR count). The fraction of sp³-hybridized carbons (Fsp3) is 0.571. The molecule has 1 saturated heterocycles. The quantitative estimate of drug-likeness (QED) is 0.901. The zero-order valence-corrected chi connectivity index (χ0v) is 12.1. The average molecular weight is 288 g/mol. The lowest BCUT2D eigenvalue weighted by Crippen LogP contribution is -2.32. The third kappa shape index (κ3) is 3.61. The lowest BCUT2D eigenvalue weighted by molar-refractivity contribution is 0.0538. The minimum atomic E-state index is 0.315. The number of benzene rings is 1. The highest BCUT2D eigenvalue weighted by molar-refractivity contribution is 6.34. The van der Waals surface area contributed by atoms with Gasteiger partial charge in [0.1, 0.15) is 0 Å². The van der Waals surface area contributed by atoms with Crippen LogP contribution in [0, 0.1) is 5.92 Å². The Morgan fingerprint density at radius 3 is 2.39 bits per heavy atom. The van der Waals surface area contributed by atoms with E-state index in [1.54, 1.807) is 6.07 Å². The Balaban J connectivity index is 2.22. The van der Waals surface area contributed by atoms with Crippen LogP contribution in [0.1, 0.15) is 31.4 Å². The molecule has 1 heterocycles. The summed E-state index contributed by atoms with van der Waals surface area (Å²) in [6.07, 6.45) is 2.17. The highest BCUT2D eigenvalue weighted by Gasteiger charge is 2.25. The molecule has 1 aliphatic heterocycles. The van der Waals surface area contributed by atoms with Crippen molar-refractivity contribution in [1.29, 1.82) is 0 Å². The van der Waals surface area contributed by atoms with Crippen LogP contribution >= 0.6 is 23.2 Å². The van der Waals surface area contributed by atoms with Crippen molar-refractivity contribution in [3.63, 3.8) is 0 Å². The van der Waals surface area contributed by atoms with E-state index in [0.717, 1.165) is 32.6 Å². The maximum absolute atomic E-state index is 6.10. The molecule has 0 amide bonds. The summed E-state index contributed by atoms with van der Waals surface area (Å²) in [7, 11) is 0. The van der Waals surface area contributed by atoms with Crippen molar-refractivity contribution in [2.75, 3.05) is 19.8 Å². The predicted octanol–water partition coefficient (Wildman–Crippen LogP) is 4.07. The highest BCUT2D eigenvalue weighted by atomic mass is 35.5. The number of hydrogen-bond acceptors (Lipinski definition) is 2. The number of rotatable bonds is 4. The first kappa shape index (κ1) is 14.1. The molecular weight excluding hydrogens is 269 g/mol. The maximum Gasteiger partial charge on any atom is 0.0469 e. The van der Waals surface area contributed by atoms with Gasteiger partial charge in [-0.25, -0.2) is 0 Å². The Morgan fingerprint density at radius 2 is 1.83 bits per heavy atom. The monoisotopic (exact) mass is 287 g/mol. The Labute approximate surface area is 119 Å². The second-order valence-electron chi connectivity index (χ2n) is 4.69. The molecule has 1 N–H and O–H groups in total. The van der Waals surface area contributed by atoms with Crippen molar-refractivity contribution in [1.82, 2.24) is 5.32 Å². The van der Waals surface area contributed by atoms with E-state index in [2.05, 4.69) is 12.2 Å². The summed E-state index contributed by atoms with van der Waals surface area (Å²) in [4.78, 5) is 0. The summed E-state index contributed by atoms with van der Waals surface area (Å²) < 4.78 is 5.43. The van der Waals surface area contributed by atoms with Gasteiger partial charge in [-0.1, -0.05) is 30.1 Å². The molecule has 1 aromatic carbocycles. The lowest BCUT2D eigenvalue weighted by atomic mass is 9.87. The highest BCUT2D eigenvalue weighted by Crippen LogP contribution is 2.32. The number of hydrogen-bond donors (Lipinski definition) is 1. The van der Waals surface area contributed by atoms with Gasteiger partial charge in [0.05, 0.1) is 0 Å². The summed E-state index contributed by atoms with van der Waals surface area (Å²) in [5, 5.41) is 4.95. The molecule has 0 saturated carbocycles. The van der Waals surface area contributed by atoms with E-state index in [1.165, 1.54) is 5.56 Å². The zero-order chi connectivity index (χ0) is 13.0. The smallest absolute Gasteiger partial charge is 0.0469 e. The second-order valence-corrected chi connectivity index (χ2v) is 5.56. The summed E-state index contributed by atoms with van der Waals surface area (Å²) >= 11 is 12.2. The van der Waals surface area contributed by atoms with Crippen molar-refractivity contribution in [3.05, 3.63) is 33.8 Å². The predicted molar refractivity (Wildman–Crippen MR) is 76.4 cm³/mol. The maximum atomic E-state index is 6.10. The second kappa shape index (κ2) is 6.76. The fourth-order valence-corrected chi connectivity index (χ4v) is 3.12. The normalized spacial score (nSPS) is 18.8. The van der Waals surface area contributed by atoms with Gasteiger partial charge in [-0.15, -0.1) is 0 Å². The summed E-state index contributed by atoms with van der Waals surface area (Å²) in [5.41, 5.74) is 1.18. The lowest BCUT2D eigenvalue weighted by Gasteiger charge is -2.31. The molecular formula is C14H19Cl2NO. The molecule has 0 bridgehead atoms. The average Bonchev–Trinajstić information content (AvgIpc) is 2.36. The number of ether oxygens (including phenoxy) is 1. The first-order valence-corrected chi connectivity index (χ1v) is 7.23. The number of nitrogens with one attached hydrogen (secondary N) is 1. The van der Waals surface area contributed by atoms with Crippen molar-refractivity contribution in [3.8, 4) is 0 Å². The van der Waals surface area contributed by atoms with E-state index in [9.17, 15) is 0 Å². The molecule has 1 fully saturated rings. The topological polar surface area (TPSA) is 21.3 Å². The van der Waals surface area contributed by atoms with Crippen LogP contribution in [0.5, 0.6) is 0 Å². The van der Waals surface area contributed by atoms with E-state index in [-0.39, 0.29) is 0 Å². The van der Waals surface area contributed by atoms with Crippen LogP contribution in [0.15, 0.2) is 18.2 Å². The van der Waals surface area contributed by atoms with Crippen LogP contribution in [0.2, 0.25) is 10.0 Å². The molecule has 0 aliphatic carbocycles. The van der Waals surface area contributed by atoms with Gasteiger partial charge < -0.3 is 10.1 Å². The first-order valence-electron chi connectivity index (χ1n) is 6.48. The summed E-state index contributed by atoms with van der Waals surface area (Å²) in [5.74, 6) is 0.591. The van der Waals surface area contributed by atoms with Gasteiger partial charge >= 0.3 is 0 Å². The largest absolute Gasteiger partial charge is 0.381 e. The molecule has 0 radical (unpaired) electrons. The summed E-state index contributed by atoms with van der Waals surface area (Å²) in [6.45, 7) is 4.76. The van der Waals surface area contributed by atoms with E-state index in [1.807, 2.05) is 12.1 Å². The molecule has 1 aromatic rings. The number of halogens is 2. The molecule has 4 heteroatoms. The molecule has 2 nitrogen and oxygen atoms in total. The first-order chi connectivity index (χ1) is 8.70. The molecule has 0 spiro atoms. The van der Waals surface area contributed by atoms with Crippen LogP contribution in [0.4, 0.5) is 0 Å². The van der Waals surface area contributed by atoms with Crippen molar-refractivity contribution in [2.24, 2.45) is 5.92 Å². The van der Waals surface area contributed by atoms with Crippen LogP contribution in [-0.4, -0.2) is 19.8 Å². The zero-order valence-electron chi connectivity index (χ0n) is 10.6. The van der Waals surface area contributed by atoms with Gasteiger partial charge in [-0.05, 0) is 49.1 Å². The van der Waals surface area contributed by atoms with Gasteiger partial charge in [-0.2, -0.15) is 0 Å². The van der Waals surface area contributed by atoms with Gasteiger partial charge in [0, 0.05) is 29.3 Å². The molecule has 18 heavy (non-hydrogen) atoms. The third-order valence-corrected chi connectivity index (χ3v) is 3.84. The Hall–Kier alpha value is -0.280. The third-order valence-electron chi connectivity index (χ3n) is 3.41. The van der Waals surface area contributed by atoms with Crippen LogP contribution in [0.25, 0.3) is 0 Å². The van der Waals surface area contributed by atoms with E-state index in [4.69, 9.17) is 27.9 Å². The molecule has 0 aromatic heterocycles. The Bertz CT molecular complexity index is 371. The van der Waals surface area contributed by atoms with Crippen LogP contribution in [-0.2, 0) is 4.74 Å². The van der Waals surface area contributed by atoms with Gasteiger partial charge in [0.2, 0.25) is 0 Å². The molecule has 1 atom stereocenters. The standard InChI is InChI=1S/C14H19Cl2NO/c1-2-17-14(10-3-5-18-6-4-10)11-7-12(15)9-13(16)8-11/h7-10,14,17H,2-6H2,1H3.